The maximum Gasteiger partial charge on any atom is 0.340 e. The van der Waals surface area contributed by atoms with Crippen molar-refractivity contribution in [3.63, 3.8) is 0 Å². The van der Waals surface area contributed by atoms with E-state index in [2.05, 4.69) is 15.9 Å². The van der Waals surface area contributed by atoms with Crippen LogP contribution in [0, 0.1) is 0 Å². The van der Waals surface area contributed by atoms with Crippen LogP contribution in [0.5, 0.6) is 0 Å². The number of ether oxygens (including phenoxy) is 2. The number of esters is 1. The van der Waals surface area contributed by atoms with E-state index >= 15 is 0 Å². The van der Waals surface area contributed by atoms with Gasteiger partial charge in [-0.1, -0.05) is 34.1 Å². The minimum absolute atomic E-state index is 0.195. The number of hydrogen-bond donors (Lipinski definition) is 0. The Hall–Kier alpha value is -1.92. The van der Waals surface area contributed by atoms with E-state index in [9.17, 15) is 9.59 Å². The molecule has 1 aromatic carbocycles. The Morgan fingerprint density at radius 1 is 1.29 bits per heavy atom. The van der Waals surface area contributed by atoms with E-state index < -0.39 is 5.97 Å². The molecule has 6 heteroatoms. The van der Waals surface area contributed by atoms with Gasteiger partial charge in [0.2, 0.25) is 0 Å². The lowest BCUT2D eigenvalue weighted by Crippen LogP contribution is -2.26. The van der Waals surface area contributed by atoms with E-state index in [1.165, 1.54) is 7.11 Å². The third-order valence-corrected chi connectivity index (χ3v) is 4.56. The van der Waals surface area contributed by atoms with Gasteiger partial charge in [0.05, 0.1) is 18.3 Å². The molecule has 5 nitrogen and oxygen atoms in total. The third-order valence-electron chi connectivity index (χ3n) is 3.84. The van der Waals surface area contributed by atoms with Gasteiger partial charge in [0, 0.05) is 30.4 Å². The molecule has 0 bridgehead atoms. The predicted octanol–water partition coefficient (Wildman–Crippen LogP) is 3.16. The van der Waals surface area contributed by atoms with Crippen LogP contribution in [-0.4, -0.2) is 44.1 Å². The van der Waals surface area contributed by atoms with Crippen molar-refractivity contribution in [3.8, 4) is 0 Å². The highest BCUT2D eigenvalue weighted by Gasteiger charge is 2.36. The first-order chi connectivity index (χ1) is 11.5. The van der Waals surface area contributed by atoms with Crippen molar-refractivity contribution < 1.29 is 19.1 Å². The molecule has 0 aliphatic carbocycles. The number of benzene rings is 1. The molecule has 0 saturated carbocycles. The molecule has 1 heterocycles. The first-order valence-corrected chi connectivity index (χ1v) is 8.37. The second-order valence-electron chi connectivity index (χ2n) is 5.33. The van der Waals surface area contributed by atoms with Crippen LogP contribution >= 0.6 is 15.9 Å². The van der Waals surface area contributed by atoms with E-state index in [0.717, 1.165) is 10.0 Å². The van der Waals surface area contributed by atoms with Gasteiger partial charge in [0.25, 0.3) is 5.91 Å². The molecule has 1 amide bonds. The molecule has 24 heavy (non-hydrogen) atoms. The van der Waals surface area contributed by atoms with Gasteiger partial charge in [-0.25, -0.2) is 4.79 Å². The lowest BCUT2D eigenvalue weighted by Gasteiger charge is -2.17. The fraction of sp³-hybridized carbons (Fsp3) is 0.333. The lowest BCUT2D eigenvalue weighted by molar-refractivity contribution is -0.136. The summed E-state index contributed by atoms with van der Waals surface area (Å²) < 4.78 is 10.8. The average Bonchev–Trinajstić information content (AvgIpc) is 2.80. The normalized spacial score (nSPS) is 16.2. The van der Waals surface area contributed by atoms with Gasteiger partial charge in [-0.15, -0.1) is 0 Å². The third kappa shape index (κ3) is 3.76. The Labute approximate surface area is 150 Å². The Morgan fingerprint density at radius 2 is 2.00 bits per heavy atom. The van der Waals surface area contributed by atoms with Crippen LogP contribution in [0.2, 0.25) is 0 Å². The molecule has 128 valence electrons. The van der Waals surface area contributed by atoms with Crippen LogP contribution < -0.4 is 0 Å². The second kappa shape index (κ2) is 8.26. The zero-order valence-electron chi connectivity index (χ0n) is 14.0. The molecule has 0 spiro atoms. The summed E-state index contributed by atoms with van der Waals surface area (Å²) in [6, 6.07) is 7.53. The number of rotatable bonds is 6. The summed E-state index contributed by atoms with van der Waals surface area (Å²) in [5, 5.41) is 0. The van der Waals surface area contributed by atoms with Crippen molar-refractivity contribution in [1.29, 1.82) is 0 Å². The molecule has 0 saturated heterocycles. The summed E-state index contributed by atoms with van der Waals surface area (Å²) in [6.07, 6.45) is 2.41. The van der Waals surface area contributed by atoms with Gasteiger partial charge in [-0.2, -0.15) is 0 Å². The van der Waals surface area contributed by atoms with Crippen LogP contribution in [0.4, 0.5) is 0 Å². The topological polar surface area (TPSA) is 55.8 Å². The zero-order chi connectivity index (χ0) is 17.7. The van der Waals surface area contributed by atoms with Crippen LogP contribution in [0.25, 0.3) is 6.08 Å². The SMILES string of the molecule is COCCCN1C(=O)/C(=C\c2ccccc2Br)C(C(=O)OC)=C1C. The van der Waals surface area contributed by atoms with Gasteiger partial charge < -0.3 is 14.4 Å². The van der Waals surface area contributed by atoms with Crippen molar-refractivity contribution >= 4 is 33.9 Å². The number of amides is 1. The molecule has 2 rings (SSSR count). The number of methoxy groups -OCH3 is 2. The summed E-state index contributed by atoms with van der Waals surface area (Å²) in [6.45, 7) is 2.80. The van der Waals surface area contributed by atoms with Crippen LogP contribution in [0.15, 0.2) is 45.6 Å². The summed E-state index contributed by atoms with van der Waals surface area (Å²) in [4.78, 5) is 26.6. The van der Waals surface area contributed by atoms with Gasteiger partial charge >= 0.3 is 5.97 Å². The fourth-order valence-electron chi connectivity index (χ4n) is 2.61. The molecule has 0 aromatic heterocycles. The molecule has 0 fully saturated rings. The van der Waals surface area contributed by atoms with Crippen LogP contribution in [-0.2, 0) is 19.1 Å². The standard InChI is InChI=1S/C18H20BrNO4/c1-12-16(18(22)24-3)14(11-13-7-4-5-8-15(13)19)17(21)20(12)9-6-10-23-2/h4-5,7-8,11H,6,9-10H2,1-3H3/b14-11-. The highest BCUT2D eigenvalue weighted by atomic mass is 79.9. The molecule has 0 atom stereocenters. The molecular formula is C18H20BrNO4. The minimum atomic E-state index is -0.506. The average molecular weight is 394 g/mol. The number of carbonyl (C=O) groups excluding carboxylic acids is 2. The first kappa shape index (κ1) is 18.4. The number of carbonyl (C=O) groups is 2. The maximum atomic E-state index is 12.8. The van der Waals surface area contributed by atoms with Crippen LogP contribution in [0.1, 0.15) is 18.9 Å². The number of halogens is 1. The second-order valence-corrected chi connectivity index (χ2v) is 6.19. The highest BCUT2D eigenvalue weighted by molar-refractivity contribution is 9.10. The molecule has 1 aromatic rings. The van der Waals surface area contributed by atoms with Gasteiger partial charge in [0.15, 0.2) is 0 Å². The summed E-state index contributed by atoms with van der Waals surface area (Å²) >= 11 is 3.46. The van der Waals surface area contributed by atoms with Crippen molar-refractivity contribution in [2.24, 2.45) is 0 Å². The minimum Gasteiger partial charge on any atom is -0.465 e. The summed E-state index contributed by atoms with van der Waals surface area (Å²) in [5.41, 5.74) is 2.11. The van der Waals surface area contributed by atoms with E-state index in [4.69, 9.17) is 9.47 Å². The first-order valence-electron chi connectivity index (χ1n) is 7.57. The molecule has 0 unspecified atom stereocenters. The van der Waals surface area contributed by atoms with Gasteiger partial charge in [-0.3, -0.25) is 4.79 Å². The Kier molecular flexibility index (Phi) is 6.34. The molecule has 1 aliphatic rings. The van der Waals surface area contributed by atoms with Crippen molar-refractivity contribution in [3.05, 3.63) is 51.1 Å². The number of hydrogen-bond acceptors (Lipinski definition) is 4. The molecule has 0 N–H and O–H groups in total. The number of nitrogens with zero attached hydrogens (tertiary/aromatic N) is 1. The molecule has 0 radical (unpaired) electrons. The highest BCUT2D eigenvalue weighted by Crippen LogP contribution is 2.32. The maximum absolute atomic E-state index is 12.8. The molecule has 1 aliphatic heterocycles. The zero-order valence-corrected chi connectivity index (χ0v) is 15.6. The quantitative estimate of drug-likeness (QED) is 0.423. The Bertz CT molecular complexity index is 709. The Balaban J connectivity index is 2.44. The monoisotopic (exact) mass is 393 g/mol. The summed E-state index contributed by atoms with van der Waals surface area (Å²) in [7, 11) is 2.93. The van der Waals surface area contributed by atoms with Crippen molar-refractivity contribution in [1.82, 2.24) is 4.90 Å². The van der Waals surface area contributed by atoms with E-state index in [1.54, 1.807) is 25.0 Å². The van der Waals surface area contributed by atoms with E-state index in [0.29, 0.717) is 36.4 Å². The largest absolute Gasteiger partial charge is 0.465 e. The Morgan fingerprint density at radius 3 is 2.62 bits per heavy atom. The van der Waals surface area contributed by atoms with Gasteiger partial charge in [0.1, 0.15) is 0 Å². The lowest BCUT2D eigenvalue weighted by atomic mass is 10.0. The fourth-order valence-corrected chi connectivity index (χ4v) is 3.01. The van der Waals surface area contributed by atoms with Crippen molar-refractivity contribution in [2.75, 3.05) is 27.4 Å². The summed E-state index contributed by atoms with van der Waals surface area (Å²) in [5.74, 6) is -0.701. The molecular weight excluding hydrogens is 374 g/mol. The van der Waals surface area contributed by atoms with E-state index in [1.807, 2.05) is 24.3 Å². The van der Waals surface area contributed by atoms with Crippen LogP contribution in [0.3, 0.4) is 0 Å². The van der Waals surface area contributed by atoms with Crippen molar-refractivity contribution in [2.45, 2.75) is 13.3 Å². The number of allylic oxidation sites excluding steroid dienone is 1. The smallest absolute Gasteiger partial charge is 0.340 e. The van der Waals surface area contributed by atoms with E-state index in [-0.39, 0.29) is 5.91 Å². The van der Waals surface area contributed by atoms with Gasteiger partial charge in [-0.05, 0) is 31.1 Å². The predicted molar refractivity (Wildman–Crippen MR) is 95.0 cm³/mol.